The Labute approximate surface area is 134 Å². The number of nitrogens with two attached hydrogens (primary N) is 2. The zero-order valence-corrected chi connectivity index (χ0v) is 12.9. The monoisotopic (exact) mass is 309 g/mol. The van der Waals surface area contributed by atoms with Crippen molar-refractivity contribution in [2.45, 2.75) is 13.0 Å². The third kappa shape index (κ3) is 3.81. The standard InChI is InChI=1S/C17H19N5O/c1-3-4-12(9-23)7-11(2)16(19)14-8-13(5-6-15(14)18)17-20-10-21-22-17/h3-10,16H,2,18-19H2,1H3,(H,20,21,22)/b4-3-,12-7+. The Morgan fingerprint density at radius 3 is 2.83 bits per heavy atom. The van der Waals surface area contributed by atoms with Crippen molar-refractivity contribution in [3.05, 3.63) is 66.0 Å². The lowest BCUT2D eigenvalue weighted by molar-refractivity contribution is -0.104. The number of carbonyl (C=O) groups is 1. The number of benzene rings is 1. The molecule has 0 bridgehead atoms. The SMILES string of the molecule is C=C(/C=C(C=O)\C=C/C)C(N)c1cc(-c2ncn[nH]2)ccc1N. The summed E-state index contributed by atoms with van der Waals surface area (Å²) in [6, 6.07) is 4.91. The highest BCUT2D eigenvalue weighted by atomic mass is 16.1. The molecule has 6 nitrogen and oxygen atoms in total. The van der Waals surface area contributed by atoms with Gasteiger partial charge in [-0.3, -0.25) is 9.89 Å². The number of hydrogen-bond acceptors (Lipinski definition) is 5. The van der Waals surface area contributed by atoms with E-state index in [0.29, 0.717) is 28.2 Å². The number of nitrogens with one attached hydrogen (secondary N) is 1. The summed E-state index contributed by atoms with van der Waals surface area (Å²) in [5.41, 5.74) is 15.5. The summed E-state index contributed by atoms with van der Waals surface area (Å²) in [4.78, 5) is 15.1. The second kappa shape index (κ2) is 7.33. The first-order valence-corrected chi connectivity index (χ1v) is 7.06. The minimum Gasteiger partial charge on any atom is -0.398 e. The molecule has 0 aliphatic rings. The van der Waals surface area contributed by atoms with Crippen LogP contribution in [0.1, 0.15) is 18.5 Å². The predicted molar refractivity (Wildman–Crippen MR) is 91.3 cm³/mol. The molecule has 0 aliphatic carbocycles. The molecule has 0 aliphatic heterocycles. The summed E-state index contributed by atoms with van der Waals surface area (Å²) in [7, 11) is 0. The van der Waals surface area contributed by atoms with Crippen LogP contribution in [-0.2, 0) is 4.79 Å². The second-order valence-corrected chi connectivity index (χ2v) is 4.99. The highest BCUT2D eigenvalue weighted by molar-refractivity contribution is 5.78. The molecule has 1 atom stereocenters. The Hall–Kier alpha value is -2.99. The minimum atomic E-state index is -0.530. The molecule has 0 spiro atoms. The van der Waals surface area contributed by atoms with Gasteiger partial charge in [0.1, 0.15) is 12.6 Å². The lowest BCUT2D eigenvalue weighted by Crippen LogP contribution is -2.14. The number of aldehydes is 1. The van der Waals surface area contributed by atoms with Crippen LogP contribution in [0, 0.1) is 0 Å². The summed E-state index contributed by atoms with van der Waals surface area (Å²) >= 11 is 0. The van der Waals surface area contributed by atoms with Crippen LogP contribution in [-0.4, -0.2) is 21.5 Å². The Kier molecular flexibility index (Phi) is 5.22. The van der Waals surface area contributed by atoms with E-state index >= 15 is 0 Å². The number of aromatic amines is 1. The van der Waals surface area contributed by atoms with Crippen LogP contribution < -0.4 is 11.5 Å². The molecule has 2 rings (SSSR count). The molecular formula is C17H19N5O. The van der Waals surface area contributed by atoms with Gasteiger partial charge in [0, 0.05) is 16.8 Å². The molecule has 1 unspecified atom stereocenters. The Bertz CT molecular complexity index is 759. The van der Waals surface area contributed by atoms with Gasteiger partial charge in [0.25, 0.3) is 0 Å². The molecule has 0 fully saturated rings. The van der Waals surface area contributed by atoms with Crippen molar-refractivity contribution in [3.8, 4) is 11.4 Å². The summed E-state index contributed by atoms with van der Waals surface area (Å²) < 4.78 is 0. The van der Waals surface area contributed by atoms with Crippen molar-refractivity contribution in [1.29, 1.82) is 0 Å². The second-order valence-electron chi connectivity index (χ2n) is 4.99. The first-order chi connectivity index (χ1) is 11.1. The van der Waals surface area contributed by atoms with Crippen LogP contribution in [0.2, 0.25) is 0 Å². The van der Waals surface area contributed by atoms with Gasteiger partial charge in [0.05, 0.1) is 6.04 Å². The fraction of sp³-hybridized carbons (Fsp3) is 0.118. The Balaban J connectivity index is 2.35. The highest BCUT2D eigenvalue weighted by Gasteiger charge is 2.14. The predicted octanol–water partition coefficient (Wildman–Crippen LogP) is 2.31. The van der Waals surface area contributed by atoms with Gasteiger partial charge in [-0.05, 0) is 42.3 Å². The number of aromatic nitrogens is 3. The first kappa shape index (κ1) is 16.4. The fourth-order valence-electron chi connectivity index (χ4n) is 2.15. The third-order valence-electron chi connectivity index (χ3n) is 3.36. The average molecular weight is 309 g/mol. The van der Waals surface area contributed by atoms with Crippen molar-refractivity contribution in [3.63, 3.8) is 0 Å². The average Bonchev–Trinajstić information content (AvgIpc) is 3.08. The number of H-pyrrole nitrogens is 1. The largest absolute Gasteiger partial charge is 0.398 e. The van der Waals surface area contributed by atoms with E-state index in [-0.39, 0.29) is 0 Å². The zero-order valence-electron chi connectivity index (χ0n) is 12.9. The normalized spacial score (nSPS) is 13.2. The Morgan fingerprint density at radius 2 is 2.22 bits per heavy atom. The maximum atomic E-state index is 11.0. The zero-order chi connectivity index (χ0) is 16.8. The molecule has 1 aromatic heterocycles. The van der Waals surface area contributed by atoms with Crippen LogP contribution in [0.5, 0.6) is 0 Å². The summed E-state index contributed by atoms with van der Waals surface area (Å²) in [6.45, 7) is 5.78. The van der Waals surface area contributed by atoms with Gasteiger partial charge in [0.2, 0.25) is 0 Å². The van der Waals surface area contributed by atoms with Gasteiger partial charge in [-0.15, -0.1) is 0 Å². The number of allylic oxidation sites excluding steroid dienone is 3. The maximum absolute atomic E-state index is 11.0. The maximum Gasteiger partial charge on any atom is 0.155 e. The molecule has 1 heterocycles. The van der Waals surface area contributed by atoms with E-state index in [1.165, 1.54) is 6.33 Å². The van der Waals surface area contributed by atoms with Gasteiger partial charge in [0.15, 0.2) is 5.82 Å². The van der Waals surface area contributed by atoms with Gasteiger partial charge < -0.3 is 11.5 Å². The summed E-state index contributed by atoms with van der Waals surface area (Å²) in [5, 5.41) is 6.62. The third-order valence-corrected chi connectivity index (χ3v) is 3.36. The van der Waals surface area contributed by atoms with E-state index in [1.807, 2.05) is 19.1 Å². The van der Waals surface area contributed by atoms with Crippen molar-refractivity contribution in [2.24, 2.45) is 5.73 Å². The minimum absolute atomic E-state index is 0.498. The van der Waals surface area contributed by atoms with Gasteiger partial charge in [-0.25, -0.2) is 4.98 Å². The molecule has 0 saturated heterocycles. The number of hydrogen-bond donors (Lipinski definition) is 3. The van der Waals surface area contributed by atoms with Crippen LogP contribution in [0.25, 0.3) is 11.4 Å². The molecule has 6 heteroatoms. The van der Waals surface area contributed by atoms with Gasteiger partial charge >= 0.3 is 0 Å². The number of anilines is 1. The molecule has 2 aromatic rings. The molecule has 1 aromatic carbocycles. The number of rotatable bonds is 6. The van der Waals surface area contributed by atoms with E-state index in [4.69, 9.17) is 11.5 Å². The van der Waals surface area contributed by atoms with Crippen molar-refractivity contribution in [2.75, 3.05) is 5.73 Å². The van der Waals surface area contributed by atoms with E-state index in [2.05, 4.69) is 21.8 Å². The molecule has 0 radical (unpaired) electrons. The summed E-state index contributed by atoms with van der Waals surface area (Å²) in [6.07, 6.45) is 7.31. The van der Waals surface area contributed by atoms with E-state index in [9.17, 15) is 4.79 Å². The Morgan fingerprint density at radius 1 is 1.43 bits per heavy atom. The van der Waals surface area contributed by atoms with Crippen molar-refractivity contribution >= 4 is 12.0 Å². The van der Waals surface area contributed by atoms with Crippen molar-refractivity contribution < 1.29 is 4.79 Å². The smallest absolute Gasteiger partial charge is 0.155 e. The van der Waals surface area contributed by atoms with E-state index < -0.39 is 6.04 Å². The molecule has 0 amide bonds. The van der Waals surface area contributed by atoms with Crippen LogP contribution in [0.4, 0.5) is 5.69 Å². The fourth-order valence-corrected chi connectivity index (χ4v) is 2.15. The van der Waals surface area contributed by atoms with Crippen molar-refractivity contribution in [1.82, 2.24) is 15.2 Å². The topological polar surface area (TPSA) is 111 Å². The highest BCUT2D eigenvalue weighted by Crippen LogP contribution is 2.28. The summed E-state index contributed by atoms with van der Waals surface area (Å²) in [5.74, 6) is 0.627. The first-order valence-electron chi connectivity index (χ1n) is 7.06. The van der Waals surface area contributed by atoms with E-state index in [1.54, 1.807) is 24.3 Å². The number of carbonyl (C=O) groups excluding carboxylic acids is 1. The molecular weight excluding hydrogens is 290 g/mol. The molecule has 5 N–H and O–H groups in total. The number of nitrogen functional groups attached to an aromatic ring is 1. The lowest BCUT2D eigenvalue weighted by atomic mass is 9.95. The van der Waals surface area contributed by atoms with Gasteiger partial charge in [-0.2, -0.15) is 5.10 Å². The van der Waals surface area contributed by atoms with E-state index in [0.717, 1.165) is 11.8 Å². The van der Waals surface area contributed by atoms with Crippen LogP contribution in [0.3, 0.4) is 0 Å². The van der Waals surface area contributed by atoms with Gasteiger partial charge in [-0.1, -0.05) is 18.7 Å². The quantitative estimate of drug-likeness (QED) is 0.328. The lowest BCUT2D eigenvalue weighted by Gasteiger charge is -2.16. The number of nitrogens with zero attached hydrogens (tertiary/aromatic N) is 2. The van der Waals surface area contributed by atoms with Crippen LogP contribution in [0.15, 0.2) is 60.5 Å². The molecule has 23 heavy (non-hydrogen) atoms. The molecule has 0 saturated carbocycles. The molecule has 118 valence electrons. The van der Waals surface area contributed by atoms with Crippen LogP contribution >= 0.6 is 0 Å².